The summed E-state index contributed by atoms with van der Waals surface area (Å²) >= 11 is 0. The van der Waals surface area contributed by atoms with Crippen molar-refractivity contribution in [3.63, 3.8) is 0 Å². The van der Waals surface area contributed by atoms with E-state index >= 15 is 0 Å². The molecule has 7 nitrogen and oxygen atoms in total. The Morgan fingerprint density at radius 2 is 1.89 bits per heavy atom. The molecule has 1 fully saturated rings. The molecule has 2 rings (SSSR count). The highest BCUT2D eigenvalue weighted by molar-refractivity contribution is 5.86. The predicted octanol–water partition coefficient (Wildman–Crippen LogP) is 1.24. The number of benzene rings is 1. The Labute approximate surface area is 159 Å². The summed E-state index contributed by atoms with van der Waals surface area (Å²) in [5, 5.41) is 8.31. The van der Waals surface area contributed by atoms with Gasteiger partial charge in [0.05, 0.1) is 13.2 Å². The lowest BCUT2D eigenvalue weighted by Crippen LogP contribution is -2.51. The Morgan fingerprint density at radius 3 is 2.56 bits per heavy atom. The zero-order valence-electron chi connectivity index (χ0n) is 15.8. The standard InChI is InChI=1S/C19H29FN4O3/c1-2-3-17(18(25)21-8-9-24-10-12-27-13-11-24)23-19(26)22-14-15-4-6-16(20)7-5-15/h4-7,17H,2-3,8-14H2,1H3,(H,21,25)(H2,22,23,26). The second-order valence-electron chi connectivity index (χ2n) is 6.54. The van der Waals surface area contributed by atoms with Crippen molar-refractivity contribution in [2.45, 2.75) is 32.4 Å². The normalized spacial score (nSPS) is 15.8. The molecule has 1 aromatic carbocycles. The first-order valence-electron chi connectivity index (χ1n) is 9.45. The van der Waals surface area contributed by atoms with Crippen LogP contribution < -0.4 is 16.0 Å². The molecular weight excluding hydrogens is 351 g/mol. The minimum atomic E-state index is -0.576. The van der Waals surface area contributed by atoms with E-state index in [2.05, 4.69) is 20.9 Å². The van der Waals surface area contributed by atoms with Crippen LogP contribution in [0.15, 0.2) is 24.3 Å². The zero-order valence-corrected chi connectivity index (χ0v) is 15.8. The van der Waals surface area contributed by atoms with Gasteiger partial charge in [0.1, 0.15) is 11.9 Å². The first kappa shape index (κ1) is 21.1. The molecule has 0 radical (unpaired) electrons. The summed E-state index contributed by atoms with van der Waals surface area (Å²) in [4.78, 5) is 26.7. The number of morpholine rings is 1. The van der Waals surface area contributed by atoms with Crippen molar-refractivity contribution in [3.8, 4) is 0 Å². The molecule has 0 aromatic heterocycles. The van der Waals surface area contributed by atoms with Crippen LogP contribution in [0.2, 0.25) is 0 Å². The molecule has 0 spiro atoms. The molecular formula is C19H29FN4O3. The van der Waals surface area contributed by atoms with Gasteiger partial charge >= 0.3 is 6.03 Å². The second-order valence-corrected chi connectivity index (χ2v) is 6.54. The Bertz CT molecular complexity index is 591. The first-order chi connectivity index (χ1) is 13.1. The van der Waals surface area contributed by atoms with Gasteiger partial charge < -0.3 is 20.7 Å². The van der Waals surface area contributed by atoms with E-state index in [1.54, 1.807) is 12.1 Å². The topological polar surface area (TPSA) is 82.7 Å². The van der Waals surface area contributed by atoms with Crippen molar-refractivity contribution in [1.82, 2.24) is 20.9 Å². The third-order valence-electron chi connectivity index (χ3n) is 4.40. The summed E-state index contributed by atoms with van der Waals surface area (Å²) in [7, 11) is 0. The summed E-state index contributed by atoms with van der Waals surface area (Å²) in [6, 6.07) is 4.91. The molecule has 3 amide bonds. The quantitative estimate of drug-likeness (QED) is 0.602. The summed E-state index contributed by atoms with van der Waals surface area (Å²) in [5.41, 5.74) is 0.786. The highest BCUT2D eigenvalue weighted by Crippen LogP contribution is 2.02. The molecule has 1 atom stereocenters. The van der Waals surface area contributed by atoms with E-state index in [1.807, 2.05) is 6.92 Å². The van der Waals surface area contributed by atoms with E-state index in [9.17, 15) is 14.0 Å². The third-order valence-corrected chi connectivity index (χ3v) is 4.40. The number of hydrogen-bond acceptors (Lipinski definition) is 4. The molecule has 1 aliphatic heterocycles. The lowest BCUT2D eigenvalue weighted by Gasteiger charge is -2.27. The lowest BCUT2D eigenvalue weighted by atomic mass is 10.1. The number of amides is 3. The molecule has 1 aromatic rings. The maximum atomic E-state index is 12.9. The van der Waals surface area contributed by atoms with E-state index in [0.29, 0.717) is 13.0 Å². The SMILES string of the molecule is CCCC(NC(=O)NCc1ccc(F)cc1)C(=O)NCCN1CCOCC1. The van der Waals surface area contributed by atoms with Gasteiger partial charge in [-0.2, -0.15) is 0 Å². The van der Waals surface area contributed by atoms with Crippen molar-refractivity contribution < 1.29 is 18.7 Å². The summed E-state index contributed by atoms with van der Waals surface area (Å²) in [6.45, 7) is 6.74. The molecule has 1 aliphatic rings. The average molecular weight is 380 g/mol. The Morgan fingerprint density at radius 1 is 1.19 bits per heavy atom. The molecule has 8 heteroatoms. The van der Waals surface area contributed by atoms with Crippen LogP contribution in [0.25, 0.3) is 0 Å². The van der Waals surface area contributed by atoms with Crippen molar-refractivity contribution in [3.05, 3.63) is 35.6 Å². The Hall–Kier alpha value is -2.19. The monoisotopic (exact) mass is 380 g/mol. The van der Waals surface area contributed by atoms with Crippen LogP contribution in [0, 0.1) is 5.82 Å². The first-order valence-corrected chi connectivity index (χ1v) is 9.45. The fraction of sp³-hybridized carbons (Fsp3) is 0.579. The number of carbonyl (C=O) groups excluding carboxylic acids is 2. The van der Waals surface area contributed by atoms with Crippen LogP contribution >= 0.6 is 0 Å². The van der Waals surface area contributed by atoms with Crippen LogP contribution in [0.4, 0.5) is 9.18 Å². The molecule has 1 heterocycles. The van der Waals surface area contributed by atoms with Crippen LogP contribution in [0.5, 0.6) is 0 Å². The minimum Gasteiger partial charge on any atom is -0.379 e. The highest BCUT2D eigenvalue weighted by Gasteiger charge is 2.20. The van der Waals surface area contributed by atoms with Crippen LogP contribution in [0.3, 0.4) is 0 Å². The molecule has 150 valence electrons. The fourth-order valence-corrected chi connectivity index (χ4v) is 2.84. The Kier molecular flexibility index (Phi) is 9.00. The maximum Gasteiger partial charge on any atom is 0.315 e. The van der Waals surface area contributed by atoms with Crippen molar-refractivity contribution in [2.24, 2.45) is 0 Å². The number of carbonyl (C=O) groups is 2. The summed E-state index contributed by atoms with van der Waals surface area (Å²) < 4.78 is 18.2. The molecule has 0 bridgehead atoms. The number of rotatable bonds is 9. The number of halogens is 1. The van der Waals surface area contributed by atoms with Gasteiger partial charge in [-0.3, -0.25) is 9.69 Å². The van der Waals surface area contributed by atoms with Gasteiger partial charge in [-0.1, -0.05) is 25.5 Å². The van der Waals surface area contributed by atoms with Gasteiger partial charge in [-0.25, -0.2) is 9.18 Å². The van der Waals surface area contributed by atoms with Gasteiger partial charge in [-0.05, 0) is 24.1 Å². The number of urea groups is 1. The summed E-state index contributed by atoms with van der Waals surface area (Å²) in [6.07, 6.45) is 1.34. The van der Waals surface area contributed by atoms with Crippen LogP contribution in [-0.2, 0) is 16.1 Å². The lowest BCUT2D eigenvalue weighted by molar-refractivity contribution is -0.123. The van der Waals surface area contributed by atoms with E-state index in [1.165, 1.54) is 12.1 Å². The number of hydrogen-bond donors (Lipinski definition) is 3. The van der Waals surface area contributed by atoms with Crippen LogP contribution in [0.1, 0.15) is 25.3 Å². The molecule has 1 saturated heterocycles. The zero-order chi connectivity index (χ0) is 19.5. The maximum absolute atomic E-state index is 12.9. The van der Waals surface area contributed by atoms with Gasteiger partial charge in [0.25, 0.3) is 0 Å². The second kappa shape index (κ2) is 11.5. The number of nitrogens with zero attached hydrogens (tertiary/aromatic N) is 1. The van der Waals surface area contributed by atoms with Crippen molar-refractivity contribution in [1.29, 1.82) is 0 Å². The van der Waals surface area contributed by atoms with Gasteiger partial charge in [0.15, 0.2) is 0 Å². The molecule has 3 N–H and O–H groups in total. The van der Waals surface area contributed by atoms with E-state index in [4.69, 9.17) is 4.74 Å². The molecule has 1 unspecified atom stereocenters. The van der Waals surface area contributed by atoms with E-state index in [-0.39, 0.29) is 18.3 Å². The van der Waals surface area contributed by atoms with Crippen molar-refractivity contribution in [2.75, 3.05) is 39.4 Å². The third kappa shape index (κ3) is 7.92. The molecule has 0 aliphatic carbocycles. The van der Waals surface area contributed by atoms with E-state index in [0.717, 1.165) is 44.8 Å². The van der Waals surface area contributed by atoms with Crippen molar-refractivity contribution >= 4 is 11.9 Å². The highest BCUT2D eigenvalue weighted by atomic mass is 19.1. The average Bonchev–Trinajstić information content (AvgIpc) is 2.68. The van der Waals surface area contributed by atoms with Gasteiger partial charge in [-0.15, -0.1) is 0 Å². The Balaban J connectivity index is 1.72. The van der Waals surface area contributed by atoms with Gasteiger partial charge in [0.2, 0.25) is 5.91 Å². The summed E-state index contributed by atoms with van der Waals surface area (Å²) in [5.74, 6) is -0.498. The largest absolute Gasteiger partial charge is 0.379 e. The molecule has 0 saturated carbocycles. The smallest absolute Gasteiger partial charge is 0.315 e. The van der Waals surface area contributed by atoms with E-state index < -0.39 is 12.1 Å². The van der Waals surface area contributed by atoms with Crippen LogP contribution in [-0.4, -0.2) is 62.3 Å². The molecule has 27 heavy (non-hydrogen) atoms. The number of ether oxygens (including phenoxy) is 1. The predicted molar refractivity (Wildman–Crippen MR) is 101 cm³/mol. The number of nitrogens with one attached hydrogen (secondary N) is 3. The fourth-order valence-electron chi connectivity index (χ4n) is 2.84. The minimum absolute atomic E-state index is 0.179. The van der Waals surface area contributed by atoms with Gasteiger partial charge in [0, 0.05) is 32.7 Å².